The Kier molecular flexibility index (Phi) is 3.91. The highest BCUT2D eigenvalue weighted by Gasteiger charge is 2.39. The Balaban J connectivity index is 2.74. The van der Waals surface area contributed by atoms with Crippen LogP contribution >= 0.6 is 0 Å². The summed E-state index contributed by atoms with van der Waals surface area (Å²) in [7, 11) is 1.58. The molecule has 0 radical (unpaired) electrons. The van der Waals surface area contributed by atoms with Gasteiger partial charge in [-0.1, -0.05) is 20.8 Å². The van der Waals surface area contributed by atoms with Gasteiger partial charge in [0.25, 0.3) is 0 Å². The van der Waals surface area contributed by atoms with Crippen molar-refractivity contribution in [3.8, 4) is 0 Å². The Labute approximate surface area is 96.1 Å². The zero-order chi connectivity index (χ0) is 12.3. The SMILES string of the molecule is COCCN1CC(=O)NC(C(C)(C)C)C1=O. The number of nitrogens with one attached hydrogen (secondary N) is 1. The smallest absolute Gasteiger partial charge is 0.246 e. The van der Waals surface area contributed by atoms with Gasteiger partial charge in [0.1, 0.15) is 6.04 Å². The van der Waals surface area contributed by atoms with Crippen LogP contribution in [0.25, 0.3) is 0 Å². The fourth-order valence-electron chi connectivity index (χ4n) is 1.68. The fraction of sp³-hybridized carbons (Fsp3) is 0.818. The van der Waals surface area contributed by atoms with E-state index in [1.807, 2.05) is 20.8 Å². The molecule has 1 rings (SSSR count). The second kappa shape index (κ2) is 4.82. The number of ether oxygens (including phenoxy) is 1. The highest BCUT2D eigenvalue weighted by Crippen LogP contribution is 2.22. The molecule has 0 aromatic heterocycles. The molecule has 0 aromatic rings. The molecule has 0 bridgehead atoms. The standard InChI is InChI=1S/C11H20N2O3/c1-11(2,3)9-10(15)13(5-6-16-4)7-8(14)12-9/h9H,5-7H2,1-4H3,(H,12,14). The molecule has 0 saturated carbocycles. The Morgan fingerprint density at radius 2 is 2.06 bits per heavy atom. The minimum Gasteiger partial charge on any atom is -0.383 e. The van der Waals surface area contributed by atoms with Gasteiger partial charge in [-0.05, 0) is 5.41 Å². The monoisotopic (exact) mass is 228 g/mol. The third-order valence-corrected chi connectivity index (χ3v) is 2.63. The lowest BCUT2D eigenvalue weighted by atomic mass is 9.85. The molecule has 5 nitrogen and oxygen atoms in total. The number of carbonyl (C=O) groups is 2. The second-order valence-corrected chi connectivity index (χ2v) is 5.12. The molecule has 1 N–H and O–H groups in total. The van der Waals surface area contributed by atoms with Crippen molar-refractivity contribution in [2.45, 2.75) is 26.8 Å². The quantitative estimate of drug-likeness (QED) is 0.740. The number of amides is 2. The van der Waals surface area contributed by atoms with Crippen LogP contribution < -0.4 is 5.32 Å². The molecule has 0 aromatic carbocycles. The van der Waals surface area contributed by atoms with Crippen LogP contribution in [0.4, 0.5) is 0 Å². The summed E-state index contributed by atoms with van der Waals surface area (Å²) in [5, 5.41) is 2.74. The second-order valence-electron chi connectivity index (χ2n) is 5.12. The number of nitrogens with zero attached hydrogens (tertiary/aromatic N) is 1. The van der Waals surface area contributed by atoms with E-state index >= 15 is 0 Å². The van der Waals surface area contributed by atoms with Gasteiger partial charge in [-0.25, -0.2) is 0 Å². The van der Waals surface area contributed by atoms with Crippen molar-refractivity contribution in [2.75, 3.05) is 26.8 Å². The summed E-state index contributed by atoms with van der Waals surface area (Å²) < 4.78 is 4.92. The van der Waals surface area contributed by atoms with Crippen LogP contribution in [0.15, 0.2) is 0 Å². The number of carbonyl (C=O) groups excluding carboxylic acids is 2. The van der Waals surface area contributed by atoms with E-state index < -0.39 is 6.04 Å². The molecule has 2 amide bonds. The Bertz CT molecular complexity index is 283. The molecule has 1 saturated heterocycles. The van der Waals surface area contributed by atoms with Gasteiger partial charge in [0.05, 0.1) is 13.2 Å². The predicted molar refractivity (Wildman–Crippen MR) is 59.8 cm³/mol. The first-order valence-corrected chi connectivity index (χ1v) is 5.43. The van der Waals surface area contributed by atoms with Crippen molar-refractivity contribution < 1.29 is 14.3 Å². The Morgan fingerprint density at radius 1 is 1.44 bits per heavy atom. The lowest BCUT2D eigenvalue weighted by molar-refractivity contribution is -0.147. The van der Waals surface area contributed by atoms with Gasteiger partial charge in [-0.3, -0.25) is 9.59 Å². The van der Waals surface area contributed by atoms with Crippen molar-refractivity contribution in [2.24, 2.45) is 5.41 Å². The molecule has 5 heteroatoms. The average molecular weight is 228 g/mol. The zero-order valence-electron chi connectivity index (χ0n) is 10.4. The summed E-state index contributed by atoms with van der Waals surface area (Å²) in [5.41, 5.74) is -0.265. The number of rotatable bonds is 3. The van der Waals surface area contributed by atoms with E-state index in [0.29, 0.717) is 13.2 Å². The van der Waals surface area contributed by atoms with E-state index in [4.69, 9.17) is 4.74 Å². The highest BCUT2D eigenvalue weighted by molar-refractivity contribution is 5.95. The van der Waals surface area contributed by atoms with Crippen LogP contribution in [0.1, 0.15) is 20.8 Å². The molecule has 1 aliphatic rings. The maximum atomic E-state index is 12.1. The number of hydrogen-bond acceptors (Lipinski definition) is 3. The van der Waals surface area contributed by atoms with Crippen LogP contribution in [-0.4, -0.2) is 49.6 Å². The summed E-state index contributed by atoms with van der Waals surface area (Å²) in [5.74, 6) is -0.125. The first-order chi connectivity index (χ1) is 7.36. The molecule has 16 heavy (non-hydrogen) atoms. The summed E-state index contributed by atoms with van der Waals surface area (Å²) in [4.78, 5) is 25.1. The Morgan fingerprint density at radius 3 is 2.56 bits per heavy atom. The zero-order valence-corrected chi connectivity index (χ0v) is 10.4. The van der Waals surface area contributed by atoms with E-state index in [9.17, 15) is 9.59 Å². The van der Waals surface area contributed by atoms with Crippen LogP contribution in [0.3, 0.4) is 0 Å². The summed E-state index contributed by atoms with van der Waals surface area (Å²) >= 11 is 0. The summed E-state index contributed by atoms with van der Waals surface area (Å²) in [6, 6.07) is -0.439. The van der Waals surface area contributed by atoms with Crippen molar-refractivity contribution in [3.05, 3.63) is 0 Å². The van der Waals surface area contributed by atoms with Crippen molar-refractivity contribution >= 4 is 11.8 Å². The molecule has 0 aliphatic carbocycles. The van der Waals surface area contributed by atoms with Gasteiger partial charge < -0.3 is 15.0 Å². The molecule has 1 atom stereocenters. The molecule has 92 valence electrons. The van der Waals surface area contributed by atoms with Crippen LogP contribution in [0.5, 0.6) is 0 Å². The van der Waals surface area contributed by atoms with E-state index in [1.54, 1.807) is 12.0 Å². The van der Waals surface area contributed by atoms with Crippen molar-refractivity contribution in [1.29, 1.82) is 0 Å². The maximum absolute atomic E-state index is 12.1. The molecule has 1 aliphatic heterocycles. The maximum Gasteiger partial charge on any atom is 0.246 e. The van der Waals surface area contributed by atoms with Gasteiger partial charge in [-0.15, -0.1) is 0 Å². The minimum atomic E-state index is -0.439. The number of piperazine rings is 1. The van der Waals surface area contributed by atoms with E-state index in [2.05, 4.69) is 5.32 Å². The van der Waals surface area contributed by atoms with Gasteiger partial charge >= 0.3 is 0 Å². The molecule has 1 fully saturated rings. The highest BCUT2D eigenvalue weighted by atomic mass is 16.5. The van der Waals surface area contributed by atoms with E-state index in [1.165, 1.54) is 0 Å². The van der Waals surface area contributed by atoms with E-state index in [0.717, 1.165) is 0 Å². The molecule has 1 unspecified atom stereocenters. The van der Waals surface area contributed by atoms with Crippen molar-refractivity contribution in [3.63, 3.8) is 0 Å². The lowest BCUT2D eigenvalue weighted by Gasteiger charge is -2.38. The first kappa shape index (κ1) is 13.0. The van der Waals surface area contributed by atoms with Gasteiger partial charge in [-0.2, -0.15) is 0 Å². The lowest BCUT2D eigenvalue weighted by Crippen LogP contribution is -2.62. The van der Waals surface area contributed by atoms with E-state index in [-0.39, 0.29) is 23.8 Å². The molecule has 0 spiro atoms. The summed E-state index contributed by atoms with van der Waals surface area (Å²) in [6.07, 6.45) is 0. The predicted octanol–water partition coefficient (Wildman–Crippen LogP) is 0.00590. The number of methoxy groups -OCH3 is 1. The van der Waals surface area contributed by atoms with Crippen molar-refractivity contribution in [1.82, 2.24) is 10.2 Å². The van der Waals surface area contributed by atoms with Gasteiger partial charge in [0.2, 0.25) is 11.8 Å². The third-order valence-electron chi connectivity index (χ3n) is 2.63. The van der Waals surface area contributed by atoms with Gasteiger partial charge in [0.15, 0.2) is 0 Å². The minimum absolute atomic E-state index is 0.0239. The molecular weight excluding hydrogens is 208 g/mol. The number of hydrogen-bond donors (Lipinski definition) is 1. The topological polar surface area (TPSA) is 58.6 Å². The summed E-state index contributed by atoms with van der Waals surface area (Å²) in [6.45, 7) is 6.88. The van der Waals surface area contributed by atoms with Crippen LogP contribution in [0.2, 0.25) is 0 Å². The van der Waals surface area contributed by atoms with Crippen LogP contribution in [0, 0.1) is 5.41 Å². The Hall–Kier alpha value is -1.10. The first-order valence-electron chi connectivity index (χ1n) is 5.43. The van der Waals surface area contributed by atoms with Crippen LogP contribution in [-0.2, 0) is 14.3 Å². The largest absolute Gasteiger partial charge is 0.383 e. The molecule has 1 heterocycles. The fourth-order valence-corrected chi connectivity index (χ4v) is 1.68. The normalized spacial score (nSPS) is 22.2. The third kappa shape index (κ3) is 2.95. The van der Waals surface area contributed by atoms with Gasteiger partial charge in [0, 0.05) is 13.7 Å². The molecular formula is C11H20N2O3. The average Bonchev–Trinajstić information content (AvgIpc) is 2.17.